The number of aliphatic hydroxyl groups is 1. The summed E-state index contributed by atoms with van der Waals surface area (Å²) in [6.45, 7) is 3.43. The molecule has 0 bridgehead atoms. The normalized spacial score (nSPS) is 13.1. The van der Waals surface area contributed by atoms with Crippen LogP contribution in [0.2, 0.25) is 0 Å². The molecule has 2 amide bonds. The van der Waals surface area contributed by atoms with Crippen LogP contribution in [0.1, 0.15) is 29.8 Å². The van der Waals surface area contributed by atoms with Crippen LogP contribution in [-0.2, 0) is 10.4 Å². The number of hydrogen-bond acceptors (Lipinski definition) is 4. The third-order valence-electron chi connectivity index (χ3n) is 4.85. The van der Waals surface area contributed by atoms with Crippen molar-refractivity contribution in [2.75, 3.05) is 5.32 Å². The first-order valence-electron chi connectivity index (χ1n) is 9.04. The Morgan fingerprint density at radius 2 is 1.83 bits per heavy atom. The fourth-order valence-corrected chi connectivity index (χ4v) is 4.20. The molecule has 4 N–H and O–H groups in total. The standard InChI is InChI=1S/C22H21AsN2O3S/c1-13(2)22(28,21(24)27)16-8-5-14(6-9-16)20(26)25-18-12-15(7-10-17(18)23)19-4-3-11-29-19/h3-13,28H,1-2H3,(H2,24,27)(H,25,26). The van der Waals surface area contributed by atoms with Gasteiger partial charge in [-0.1, -0.05) is 0 Å². The number of primary amides is 1. The van der Waals surface area contributed by atoms with Gasteiger partial charge in [0.2, 0.25) is 0 Å². The van der Waals surface area contributed by atoms with Crippen LogP contribution in [-0.4, -0.2) is 33.8 Å². The summed E-state index contributed by atoms with van der Waals surface area (Å²) in [7, 11) is 0. The zero-order valence-electron chi connectivity index (χ0n) is 16.0. The molecule has 2 aromatic carbocycles. The van der Waals surface area contributed by atoms with E-state index in [1.54, 1.807) is 49.4 Å². The quantitative estimate of drug-likeness (QED) is 0.486. The second kappa shape index (κ2) is 8.54. The average molecular weight is 468 g/mol. The first kappa shape index (κ1) is 21.3. The Labute approximate surface area is 182 Å². The van der Waals surface area contributed by atoms with Gasteiger partial charge in [-0.15, -0.1) is 0 Å². The number of nitrogens with one attached hydrogen (secondary N) is 1. The number of nitrogens with two attached hydrogens (primary N) is 1. The molecule has 29 heavy (non-hydrogen) atoms. The van der Waals surface area contributed by atoms with E-state index < -0.39 is 17.4 Å². The molecule has 1 heterocycles. The molecule has 0 aliphatic rings. The van der Waals surface area contributed by atoms with Crippen molar-refractivity contribution in [2.45, 2.75) is 19.4 Å². The number of anilines is 1. The summed E-state index contributed by atoms with van der Waals surface area (Å²) >= 11 is 4.08. The predicted octanol–water partition coefficient (Wildman–Crippen LogP) is 2.79. The van der Waals surface area contributed by atoms with Gasteiger partial charge < -0.3 is 0 Å². The Hall–Kier alpha value is -2.40. The zero-order valence-corrected chi connectivity index (χ0v) is 18.7. The number of carbonyl (C=O) groups excluding carboxylic acids is 2. The van der Waals surface area contributed by atoms with E-state index in [1.165, 1.54) is 0 Å². The number of carbonyl (C=O) groups is 2. The Morgan fingerprint density at radius 1 is 1.14 bits per heavy atom. The van der Waals surface area contributed by atoms with Crippen molar-refractivity contribution in [3.8, 4) is 10.4 Å². The van der Waals surface area contributed by atoms with Crippen LogP contribution in [0.5, 0.6) is 0 Å². The van der Waals surface area contributed by atoms with E-state index in [-0.39, 0.29) is 5.91 Å². The van der Waals surface area contributed by atoms with Crippen LogP contribution in [0.25, 0.3) is 10.4 Å². The van der Waals surface area contributed by atoms with Crippen molar-refractivity contribution in [2.24, 2.45) is 11.7 Å². The monoisotopic (exact) mass is 468 g/mol. The molecular weight excluding hydrogens is 447 g/mol. The third-order valence-corrected chi connectivity index (χ3v) is 6.59. The van der Waals surface area contributed by atoms with Crippen LogP contribution < -0.4 is 15.4 Å². The van der Waals surface area contributed by atoms with Crippen molar-refractivity contribution in [1.82, 2.24) is 0 Å². The van der Waals surface area contributed by atoms with Crippen LogP contribution in [0, 0.1) is 5.92 Å². The van der Waals surface area contributed by atoms with E-state index in [2.05, 4.69) is 22.2 Å². The summed E-state index contributed by atoms with van der Waals surface area (Å²) in [6.07, 6.45) is 0. The van der Waals surface area contributed by atoms with E-state index >= 15 is 0 Å². The van der Waals surface area contributed by atoms with E-state index in [0.717, 1.165) is 14.8 Å². The van der Waals surface area contributed by atoms with E-state index in [4.69, 9.17) is 5.73 Å². The fraction of sp³-hybridized carbons (Fsp3) is 0.182. The van der Waals surface area contributed by atoms with Gasteiger partial charge >= 0.3 is 183 Å². The minimum absolute atomic E-state index is 0.278. The molecule has 7 heteroatoms. The zero-order chi connectivity index (χ0) is 21.2. The van der Waals surface area contributed by atoms with E-state index in [9.17, 15) is 14.7 Å². The minimum atomic E-state index is -1.78. The molecule has 5 nitrogen and oxygen atoms in total. The molecule has 3 aromatic rings. The molecule has 2 radical (unpaired) electrons. The van der Waals surface area contributed by atoms with Crippen molar-refractivity contribution in [3.63, 3.8) is 0 Å². The van der Waals surface area contributed by atoms with Crippen LogP contribution in [0.3, 0.4) is 0 Å². The SMILES string of the molecule is CC(C)C(O)(C(N)=O)c1ccc(C(=O)Nc2cc(-c3cccs3)ccc2[As])cc1. The Bertz CT molecular complexity index is 1030. The van der Waals surface area contributed by atoms with Gasteiger partial charge in [0, 0.05) is 0 Å². The summed E-state index contributed by atoms with van der Waals surface area (Å²) < 4.78 is 0.894. The Balaban J connectivity index is 1.83. The van der Waals surface area contributed by atoms with E-state index in [0.29, 0.717) is 16.8 Å². The molecule has 1 unspecified atom stereocenters. The molecule has 0 aliphatic heterocycles. The van der Waals surface area contributed by atoms with Crippen molar-refractivity contribution >= 4 is 50.0 Å². The molecule has 0 spiro atoms. The van der Waals surface area contributed by atoms with E-state index in [1.807, 2.05) is 35.7 Å². The van der Waals surface area contributed by atoms with Gasteiger partial charge in [-0.05, 0) is 0 Å². The summed E-state index contributed by atoms with van der Waals surface area (Å²) in [5, 5.41) is 15.6. The van der Waals surface area contributed by atoms with Gasteiger partial charge in [-0.2, -0.15) is 0 Å². The maximum absolute atomic E-state index is 12.7. The molecule has 148 valence electrons. The Morgan fingerprint density at radius 3 is 2.38 bits per heavy atom. The third kappa shape index (κ3) is 4.30. The van der Waals surface area contributed by atoms with Crippen molar-refractivity contribution in [1.29, 1.82) is 0 Å². The number of amides is 2. The summed E-state index contributed by atoms with van der Waals surface area (Å²) in [5.74, 6) is -1.50. The predicted molar refractivity (Wildman–Crippen MR) is 117 cm³/mol. The molecule has 1 aromatic heterocycles. The second-order valence-electron chi connectivity index (χ2n) is 7.03. The van der Waals surface area contributed by atoms with Gasteiger partial charge in [0.1, 0.15) is 0 Å². The summed E-state index contributed by atoms with van der Waals surface area (Å²) in [6, 6.07) is 16.2. The fourth-order valence-electron chi connectivity index (χ4n) is 3.06. The van der Waals surface area contributed by atoms with Crippen molar-refractivity contribution < 1.29 is 14.7 Å². The van der Waals surface area contributed by atoms with Gasteiger partial charge in [0.05, 0.1) is 0 Å². The number of thiophene rings is 1. The van der Waals surface area contributed by atoms with Crippen LogP contribution >= 0.6 is 11.3 Å². The molecular formula is C22H21AsN2O3S. The molecule has 0 saturated heterocycles. The molecule has 3 rings (SSSR count). The molecule has 1 atom stereocenters. The molecule has 0 aliphatic carbocycles. The average Bonchev–Trinajstić information content (AvgIpc) is 3.23. The first-order valence-corrected chi connectivity index (χ1v) is 10.9. The molecule has 0 fully saturated rings. The number of rotatable bonds is 6. The topological polar surface area (TPSA) is 92.4 Å². The van der Waals surface area contributed by atoms with Crippen LogP contribution in [0.4, 0.5) is 5.69 Å². The Kier molecular flexibility index (Phi) is 6.27. The van der Waals surface area contributed by atoms with Gasteiger partial charge in [0.15, 0.2) is 0 Å². The second-order valence-corrected chi connectivity index (χ2v) is 8.98. The first-order chi connectivity index (χ1) is 13.7. The molecule has 0 saturated carbocycles. The summed E-state index contributed by atoms with van der Waals surface area (Å²) in [4.78, 5) is 25.6. The van der Waals surface area contributed by atoms with Gasteiger partial charge in [0.25, 0.3) is 0 Å². The van der Waals surface area contributed by atoms with Crippen LogP contribution in [0.15, 0.2) is 60.0 Å². The van der Waals surface area contributed by atoms with Gasteiger partial charge in [-0.3, -0.25) is 0 Å². The van der Waals surface area contributed by atoms with Crippen molar-refractivity contribution in [3.05, 3.63) is 71.1 Å². The maximum atomic E-state index is 12.7. The number of benzene rings is 2. The number of hydrogen-bond donors (Lipinski definition) is 3. The van der Waals surface area contributed by atoms with Gasteiger partial charge in [-0.25, -0.2) is 0 Å². The summed E-state index contributed by atoms with van der Waals surface area (Å²) in [5.41, 5.74) is 6.15.